The Labute approximate surface area is 44.8 Å². The van der Waals surface area contributed by atoms with Crippen molar-refractivity contribution in [3.63, 3.8) is 0 Å². The fourth-order valence-electron chi connectivity index (χ4n) is 0.300. The fraction of sp³-hybridized carbons (Fsp3) is 0.667. The van der Waals surface area contributed by atoms with Gasteiger partial charge in [-0.3, -0.25) is 0 Å². The third kappa shape index (κ3) is 5.45. The molecule has 1 heteroatoms. The van der Waals surface area contributed by atoms with Crippen molar-refractivity contribution in [2.45, 2.75) is 19.8 Å². The number of hydrogen-bond donors (Lipinski definition) is 0. The number of aliphatic imine (C=N–C) groups is 1. The second kappa shape index (κ2) is 5.45. The summed E-state index contributed by atoms with van der Waals surface area (Å²) in [6, 6.07) is 0. The molecule has 7 heavy (non-hydrogen) atoms. The minimum atomic E-state index is 1.09. The molecule has 0 aliphatic rings. The van der Waals surface area contributed by atoms with Gasteiger partial charge in [0, 0.05) is 7.05 Å². The van der Waals surface area contributed by atoms with Crippen molar-refractivity contribution in [1.82, 2.24) is 0 Å². The SMILES string of the molecule is CCCC=C=NC. The van der Waals surface area contributed by atoms with E-state index in [4.69, 9.17) is 0 Å². The van der Waals surface area contributed by atoms with E-state index in [-0.39, 0.29) is 0 Å². The van der Waals surface area contributed by atoms with E-state index in [1.807, 2.05) is 6.08 Å². The van der Waals surface area contributed by atoms with E-state index in [2.05, 4.69) is 17.8 Å². The normalized spacial score (nSPS) is 7.14. The predicted octanol–water partition coefficient (Wildman–Crippen LogP) is 1.64. The molecule has 0 radical (unpaired) electrons. The van der Waals surface area contributed by atoms with Crippen LogP contribution < -0.4 is 0 Å². The lowest BCUT2D eigenvalue weighted by molar-refractivity contribution is 0.964. The van der Waals surface area contributed by atoms with Crippen LogP contribution in [0, 0.1) is 0 Å². The Hall–Kier alpha value is -0.550. The monoisotopic (exact) mass is 97.1 g/mol. The van der Waals surface area contributed by atoms with Crippen molar-refractivity contribution < 1.29 is 0 Å². The molecule has 0 saturated carbocycles. The van der Waals surface area contributed by atoms with Crippen LogP contribution >= 0.6 is 0 Å². The molecule has 0 aliphatic heterocycles. The summed E-state index contributed by atoms with van der Waals surface area (Å²) in [5.41, 5.74) is 0. The van der Waals surface area contributed by atoms with Gasteiger partial charge in [-0.05, 0) is 18.4 Å². The summed E-state index contributed by atoms with van der Waals surface area (Å²) in [6.45, 7) is 2.13. The van der Waals surface area contributed by atoms with Crippen LogP contribution in [0.1, 0.15) is 19.8 Å². The van der Waals surface area contributed by atoms with Gasteiger partial charge in [0.05, 0.1) is 0 Å². The summed E-state index contributed by atoms with van der Waals surface area (Å²) in [7, 11) is 1.73. The minimum absolute atomic E-state index is 1.09. The Balaban J connectivity index is 3.10. The second-order valence-electron chi connectivity index (χ2n) is 1.35. The molecule has 0 unspecified atom stereocenters. The molecular weight excluding hydrogens is 86.1 g/mol. The number of allylic oxidation sites excluding steroid dienone is 1. The lowest BCUT2D eigenvalue weighted by Crippen LogP contribution is -1.59. The highest BCUT2D eigenvalue weighted by molar-refractivity contribution is 5.50. The maximum atomic E-state index is 3.67. The number of rotatable bonds is 2. The highest BCUT2D eigenvalue weighted by Crippen LogP contribution is 1.82. The molecule has 0 aliphatic carbocycles. The van der Waals surface area contributed by atoms with Gasteiger partial charge in [0.25, 0.3) is 0 Å². The Morgan fingerprint density at radius 2 is 2.43 bits per heavy atom. The van der Waals surface area contributed by atoms with Crippen LogP contribution in [0.4, 0.5) is 0 Å². The Morgan fingerprint density at radius 1 is 1.71 bits per heavy atom. The van der Waals surface area contributed by atoms with Gasteiger partial charge in [-0.15, -0.1) is 0 Å². The quantitative estimate of drug-likeness (QED) is 0.464. The summed E-state index contributed by atoms with van der Waals surface area (Å²) < 4.78 is 0. The van der Waals surface area contributed by atoms with Gasteiger partial charge in [0.1, 0.15) is 0 Å². The molecule has 0 rings (SSSR count). The topological polar surface area (TPSA) is 12.4 Å². The summed E-state index contributed by atoms with van der Waals surface area (Å²) in [6.07, 6.45) is 4.22. The van der Waals surface area contributed by atoms with Gasteiger partial charge >= 0.3 is 0 Å². The van der Waals surface area contributed by atoms with Crippen LogP contribution in [0.3, 0.4) is 0 Å². The van der Waals surface area contributed by atoms with Gasteiger partial charge in [-0.1, -0.05) is 13.3 Å². The largest absolute Gasteiger partial charge is 0.247 e. The highest BCUT2D eigenvalue weighted by atomic mass is 14.6. The van der Waals surface area contributed by atoms with Crippen molar-refractivity contribution >= 4 is 5.87 Å². The van der Waals surface area contributed by atoms with Crippen LogP contribution in [0.5, 0.6) is 0 Å². The van der Waals surface area contributed by atoms with Crippen LogP contribution in [-0.2, 0) is 0 Å². The molecule has 0 heterocycles. The van der Waals surface area contributed by atoms with E-state index >= 15 is 0 Å². The van der Waals surface area contributed by atoms with Crippen LogP contribution in [0.15, 0.2) is 11.1 Å². The summed E-state index contributed by atoms with van der Waals surface area (Å²) in [5, 5.41) is 0. The van der Waals surface area contributed by atoms with Gasteiger partial charge in [-0.25, -0.2) is 4.99 Å². The average Bonchev–Trinajstić information content (AvgIpc) is 1.69. The first-order valence-corrected chi connectivity index (χ1v) is 2.57. The van der Waals surface area contributed by atoms with Gasteiger partial charge in [0.2, 0.25) is 0 Å². The van der Waals surface area contributed by atoms with E-state index in [1.54, 1.807) is 7.05 Å². The molecule has 40 valence electrons. The number of hydrogen-bond acceptors (Lipinski definition) is 1. The van der Waals surface area contributed by atoms with Crippen molar-refractivity contribution in [1.29, 1.82) is 0 Å². The van der Waals surface area contributed by atoms with E-state index in [1.165, 1.54) is 6.42 Å². The Bertz CT molecular complexity index is 78.2. The molecule has 0 spiro atoms. The zero-order valence-corrected chi connectivity index (χ0v) is 4.94. The van der Waals surface area contributed by atoms with Gasteiger partial charge in [0.15, 0.2) is 0 Å². The van der Waals surface area contributed by atoms with Crippen molar-refractivity contribution in [3.05, 3.63) is 6.08 Å². The number of nitrogens with zero attached hydrogens (tertiary/aromatic N) is 1. The summed E-state index contributed by atoms with van der Waals surface area (Å²) in [5.74, 6) is 2.75. The van der Waals surface area contributed by atoms with E-state index in [0.29, 0.717) is 0 Å². The molecular formula is C6H11N. The molecule has 0 aromatic heterocycles. The molecule has 0 bridgehead atoms. The zero-order chi connectivity index (χ0) is 5.54. The molecule has 0 fully saturated rings. The highest BCUT2D eigenvalue weighted by Gasteiger charge is 1.65. The predicted molar refractivity (Wildman–Crippen MR) is 32.8 cm³/mol. The first-order valence-electron chi connectivity index (χ1n) is 2.57. The molecule has 1 nitrogen and oxygen atoms in total. The second-order valence-corrected chi connectivity index (χ2v) is 1.35. The smallest absolute Gasteiger partial charge is 0.0372 e. The van der Waals surface area contributed by atoms with E-state index < -0.39 is 0 Å². The summed E-state index contributed by atoms with van der Waals surface area (Å²) >= 11 is 0. The zero-order valence-electron chi connectivity index (χ0n) is 4.94. The lowest BCUT2D eigenvalue weighted by atomic mass is 10.3. The average molecular weight is 97.2 g/mol. The molecule has 0 N–H and O–H groups in total. The van der Waals surface area contributed by atoms with E-state index in [9.17, 15) is 0 Å². The molecule has 0 atom stereocenters. The molecule has 0 saturated heterocycles. The molecule has 0 aromatic rings. The van der Waals surface area contributed by atoms with Crippen molar-refractivity contribution in [2.24, 2.45) is 4.99 Å². The standard InChI is InChI=1S/C6H11N/c1-3-4-5-6-7-2/h5H,3-4H2,1-2H3. The molecule has 0 aromatic carbocycles. The number of unbranched alkanes of at least 4 members (excludes halogenated alkanes) is 1. The van der Waals surface area contributed by atoms with Crippen LogP contribution in [0.25, 0.3) is 0 Å². The Morgan fingerprint density at radius 3 is 2.86 bits per heavy atom. The third-order valence-electron chi connectivity index (χ3n) is 0.653. The van der Waals surface area contributed by atoms with Crippen LogP contribution in [-0.4, -0.2) is 12.9 Å². The first kappa shape index (κ1) is 6.45. The Kier molecular flexibility index (Phi) is 5.02. The minimum Gasteiger partial charge on any atom is -0.247 e. The third-order valence-corrected chi connectivity index (χ3v) is 0.653. The first-order chi connectivity index (χ1) is 3.41. The van der Waals surface area contributed by atoms with Crippen molar-refractivity contribution in [3.8, 4) is 0 Å². The maximum absolute atomic E-state index is 3.67. The molecule has 0 amide bonds. The maximum Gasteiger partial charge on any atom is 0.0372 e. The fourth-order valence-corrected chi connectivity index (χ4v) is 0.300. The summed E-state index contributed by atoms with van der Waals surface area (Å²) in [4.78, 5) is 3.67. The van der Waals surface area contributed by atoms with Gasteiger partial charge < -0.3 is 0 Å². The van der Waals surface area contributed by atoms with Gasteiger partial charge in [-0.2, -0.15) is 0 Å². The lowest BCUT2D eigenvalue weighted by Gasteiger charge is -1.73. The van der Waals surface area contributed by atoms with Crippen molar-refractivity contribution in [2.75, 3.05) is 7.05 Å². The van der Waals surface area contributed by atoms with E-state index in [0.717, 1.165) is 6.42 Å². The van der Waals surface area contributed by atoms with Crippen LogP contribution in [0.2, 0.25) is 0 Å².